The first-order chi connectivity index (χ1) is 6.38. The summed E-state index contributed by atoms with van der Waals surface area (Å²) in [7, 11) is 2.15. The average molecular weight is 177 g/mol. The summed E-state index contributed by atoms with van der Waals surface area (Å²) in [4.78, 5) is 6.33. The summed E-state index contributed by atoms with van der Waals surface area (Å²) in [6, 6.07) is 4.75. The molecule has 0 aromatic carbocycles. The Morgan fingerprint density at radius 2 is 2.23 bits per heavy atom. The molecule has 0 bridgehead atoms. The van der Waals surface area contributed by atoms with Crippen molar-refractivity contribution in [2.24, 2.45) is 0 Å². The predicted molar refractivity (Wildman–Crippen MR) is 53.9 cm³/mol. The van der Waals surface area contributed by atoms with Gasteiger partial charge in [-0.3, -0.25) is 4.98 Å². The minimum atomic E-state index is 0.641. The SMILES string of the molecule is CN(c1ccncc1)[C@@H]1CCNC1. The zero-order valence-corrected chi connectivity index (χ0v) is 7.90. The molecule has 1 fully saturated rings. The van der Waals surface area contributed by atoms with E-state index in [0.29, 0.717) is 6.04 Å². The maximum atomic E-state index is 4.01. The Bertz CT molecular complexity index is 254. The van der Waals surface area contributed by atoms with Gasteiger partial charge in [0.25, 0.3) is 0 Å². The molecule has 1 N–H and O–H groups in total. The van der Waals surface area contributed by atoms with Crippen LogP contribution in [-0.4, -0.2) is 31.2 Å². The number of likely N-dealkylation sites (N-methyl/N-ethyl adjacent to an activating group) is 1. The molecule has 1 atom stereocenters. The average Bonchev–Trinajstić information content (AvgIpc) is 2.71. The molecule has 2 rings (SSSR count). The number of pyridine rings is 1. The van der Waals surface area contributed by atoms with Gasteiger partial charge in [0.05, 0.1) is 0 Å². The van der Waals surface area contributed by atoms with Gasteiger partial charge in [-0.25, -0.2) is 0 Å². The first-order valence-corrected chi connectivity index (χ1v) is 4.71. The molecule has 0 radical (unpaired) electrons. The van der Waals surface area contributed by atoms with Crippen molar-refractivity contribution >= 4 is 5.69 Å². The Hall–Kier alpha value is -1.09. The third-order valence-corrected chi connectivity index (χ3v) is 2.65. The fourth-order valence-electron chi connectivity index (χ4n) is 1.76. The van der Waals surface area contributed by atoms with Crippen LogP contribution in [0.15, 0.2) is 24.5 Å². The van der Waals surface area contributed by atoms with Crippen molar-refractivity contribution in [1.82, 2.24) is 10.3 Å². The van der Waals surface area contributed by atoms with Crippen molar-refractivity contribution in [3.05, 3.63) is 24.5 Å². The molecule has 0 spiro atoms. The molecule has 1 saturated heterocycles. The minimum absolute atomic E-state index is 0.641. The Morgan fingerprint density at radius 1 is 1.46 bits per heavy atom. The molecule has 70 valence electrons. The molecule has 0 amide bonds. The lowest BCUT2D eigenvalue weighted by molar-refractivity contribution is 0.685. The third-order valence-electron chi connectivity index (χ3n) is 2.65. The van der Waals surface area contributed by atoms with Crippen molar-refractivity contribution in [1.29, 1.82) is 0 Å². The molecule has 1 aliphatic heterocycles. The number of rotatable bonds is 2. The van der Waals surface area contributed by atoms with E-state index in [4.69, 9.17) is 0 Å². The predicted octanol–water partition coefficient (Wildman–Crippen LogP) is 0.880. The summed E-state index contributed by atoms with van der Waals surface area (Å²) < 4.78 is 0. The highest BCUT2D eigenvalue weighted by atomic mass is 15.2. The lowest BCUT2D eigenvalue weighted by Gasteiger charge is -2.25. The summed E-state index contributed by atoms with van der Waals surface area (Å²) in [6.45, 7) is 2.24. The van der Waals surface area contributed by atoms with Gasteiger partial charge in [-0.2, -0.15) is 0 Å². The highest BCUT2D eigenvalue weighted by Gasteiger charge is 2.18. The van der Waals surface area contributed by atoms with Crippen molar-refractivity contribution < 1.29 is 0 Å². The van der Waals surface area contributed by atoms with E-state index in [1.807, 2.05) is 12.4 Å². The van der Waals surface area contributed by atoms with Crippen LogP contribution in [0.25, 0.3) is 0 Å². The quantitative estimate of drug-likeness (QED) is 0.727. The summed E-state index contributed by atoms with van der Waals surface area (Å²) in [5, 5.41) is 3.37. The molecule has 1 aromatic rings. The van der Waals surface area contributed by atoms with Crippen LogP contribution >= 0.6 is 0 Å². The monoisotopic (exact) mass is 177 g/mol. The highest BCUT2D eigenvalue weighted by molar-refractivity contribution is 5.45. The van der Waals surface area contributed by atoms with Gasteiger partial charge in [0.2, 0.25) is 0 Å². The topological polar surface area (TPSA) is 28.2 Å². The van der Waals surface area contributed by atoms with Crippen LogP contribution in [0.1, 0.15) is 6.42 Å². The fraction of sp³-hybridized carbons (Fsp3) is 0.500. The van der Waals surface area contributed by atoms with E-state index in [1.165, 1.54) is 12.1 Å². The summed E-state index contributed by atoms with van der Waals surface area (Å²) in [5.74, 6) is 0. The number of hydrogen-bond acceptors (Lipinski definition) is 3. The van der Waals surface area contributed by atoms with Crippen LogP contribution in [-0.2, 0) is 0 Å². The Labute approximate surface area is 78.8 Å². The second-order valence-corrected chi connectivity index (χ2v) is 3.46. The second kappa shape index (κ2) is 3.75. The maximum absolute atomic E-state index is 4.01. The zero-order chi connectivity index (χ0) is 9.10. The molecule has 1 aromatic heterocycles. The van der Waals surface area contributed by atoms with Gasteiger partial charge >= 0.3 is 0 Å². The molecule has 3 nitrogen and oxygen atoms in total. The number of aromatic nitrogens is 1. The molecule has 0 aliphatic carbocycles. The van der Waals surface area contributed by atoms with E-state index < -0.39 is 0 Å². The normalized spacial score (nSPS) is 21.8. The van der Waals surface area contributed by atoms with Crippen molar-refractivity contribution in [2.75, 3.05) is 25.0 Å². The molecular formula is C10H15N3. The van der Waals surface area contributed by atoms with Crippen LogP contribution < -0.4 is 10.2 Å². The first kappa shape index (κ1) is 8.51. The van der Waals surface area contributed by atoms with E-state index in [-0.39, 0.29) is 0 Å². The van der Waals surface area contributed by atoms with E-state index >= 15 is 0 Å². The van der Waals surface area contributed by atoms with Gasteiger partial charge in [-0.15, -0.1) is 0 Å². The molecule has 0 saturated carbocycles. The van der Waals surface area contributed by atoms with E-state index in [2.05, 4.69) is 34.4 Å². The summed E-state index contributed by atoms with van der Waals surface area (Å²) >= 11 is 0. The van der Waals surface area contributed by atoms with E-state index in [9.17, 15) is 0 Å². The van der Waals surface area contributed by atoms with Gasteiger partial charge in [0, 0.05) is 37.7 Å². The number of hydrogen-bond donors (Lipinski definition) is 1. The largest absolute Gasteiger partial charge is 0.370 e. The van der Waals surface area contributed by atoms with E-state index in [1.54, 1.807) is 0 Å². The number of nitrogens with zero attached hydrogens (tertiary/aromatic N) is 2. The first-order valence-electron chi connectivity index (χ1n) is 4.71. The standard InChI is InChI=1S/C10H15N3/c1-13(10-4-7-12-8-10)9-2-5-11-6-3-9/h2-3,5-6,10,12H,4,7-8H2,1H3/t10-/m1/s1. The van der Waals surface area contributed by atoms with Gasteiger partial charge < -0.3 is 10.2 Å². The molecule has 13 heavy (non-hydrogen) atoms. The molecule has 1 aliphatic rings. The molecule has 0 unspecified atom stereocenters. The smallest absolute Gasteiger partial charge is 0.0423 e. The zero-order valence-electron chi connectivity index (χ0n) is 7.90. The molecule has 2 heterocycles. The number of anilines is 1. The Balaban J connectivity index is 2.08. The van der Waals surface area contributed by atoms with Gasteiger partial charge in [0.15, 0.2) is 0 Å². The van der Waals surface area contributed by atoms with Crippen LogP contribution in [0.5, 0.6) is 0 Å². The summed E-state index contributed by atoms with van der Waals surface area (Å²) in [5.41, 5.74) is 1.25. The third kappa shape index (κ3) is 1.80. The van der Waals surface area contributed by atoms with Crippen molar-refractivity contribution in [3.8, 4) is 0 Å². The maximum Gasteiger partial charge on any atom is 0.0423 e. The van der Waals surface area contributed by atoms with Crippen LogP contribution in [0.2, 0.25) is 0 Å². The van der Waals surface area contributed by atoms with Gasteiger partial charge in [-0.05, 0) is 25.1 Å². The minimum Gasteiger partial charge on any atom is -0.370 e. The van der Waals surface area contributed by atoms with E-state index in [0.717, 1.165) is 13.1 Å². The lowest BCUT2D eigenvalue weighted by atomic mass is 10.2. The number of nitrogens with one attached hydrogen (secondary N) is 1. The lowest BCUT2D eigenvalue weighted by Crippen LogP contribution is -2.33. The Kier molecular flexibility index (Phi) is 2.45. The molecular weight excluding hydrogens is 162 g/mol. The van der Waals surface area contributed by atoms with Crippen LogP contribution in [0.4, 0.5) is 5.69 Å². The Morgan fingerprint density at radius 3 is 2.85 bits per heavy atom. The second-order valence-electron chi connectivity index (χ2n) is 3.46. The van der Waals surface area contributed by atoms with Crippen LogP contribution in [0, 0.1) is 0 Å². The summed E-state index contributed by atoms with van der Waals surface area (Å²) in [6.07, 6.45) is 4.92. The molecule has 3 heteroatoms. The van der Waals surface area contributed by atoms with Gasteiger partial charge in [0.1, 0.15) is 0 Å². The van der Waals surface area contributed by atoms with Crippen molar-refractivity contribution in [3.63, 3.8) is 0 Å². The van der Waals surface area contributed by atoms with Gasteiger partial charge in [-0.1, -0.05) is 0 Å². The van der Waals surface area contributed by atoms with Crippen LogP contribution in [0.3, 0.4) is 0 Å². The fourth-order valence-corrected chi connectivity index (χ4v) is 1.76. The van der Waals surface area contributed by atoms with Crippen molar-refractivity contribution in [2.45, 2.75) is 12.5 Å². The highest BCUT2D eigenvalue weighted by Crippen LogP contribution is 2.16.